The van der Waals surface area contributed by atoms with Crippen LogP contribution in [0.5, 0.6) is 0 Å². The van der Waals surface area contributed by atoms with Crippen LogP contribution in [0.15, 0.2) is 54.9 Å². The van der Waals surface area contributed by atoms with Crippen LogP contribution in [0, 0.1) is 0 Å². The summed E-state index contributed by atoms with van der Waals surface area (Å²) in [5.74, 6) is 1.36. The van der Waals surface area contributed by atoms with Gasteiger partial charge in [-0.1, -0.05) is 24.3 Å². The molecule has 122 valence electrons. The lowest BCUT2D eigenvalue weighted by Crippen LogP contribution is -2.28. The summed E-state index contributed by atoms with van der Waals surface area (Å²) in [6, 6.07) is 13.4. The van der Waals surface area contributed by atoms with Gasteiger partial charge in [0.05, 0.1) is 0 Å². The Morgan fingerprint density at radius 1 is 1.08 bits per heavy atom. The van der Waals surface area contributed by atoms with E-state index in [0.717, 1.165) is 22.2 Å². The zero-order chi connectivity index (χ0) is 16.8. The molecule has 0 aliphatic rings. The second kappa shape index (κ2) is 7.41. The van der Waals surface area contributed by atoms with E-state index < -0.39 is 0 Å². The van der Waals surface area contributed by atoms with Crippen molar-refractivity contribution in [3.63, 3.8) is 0 Å². The number of fused-ring (bicyclic) bond motifs is 1. The van der Waals surface area contributed by atoms with E-state index in [4.69, 9.17) is 0 Å². The van der Waals surface area contributed by atoms with Crippen LogP contribution in [-0.4, -0.2) is 22.5 Å². The molecule has 1 aromatic carbocycles. The second-order valence-electron chi connectivity index (χ2n) is 5.26. The standard InChI is InChI=1S/C18H19N5O/c1-2-19-18(24)23-17-10-13-6-5-7-14(15(13)12-22-17)11-21-16-8-3-4-9-20-16/h3-10,12H,2,11H2,1H3,(H,20,21)(H2,19,22,23,24). The molecule has 0 saturated carbocycles. The van der Waals surface area contributed by atoms with Crippen molar-refractivity contribution in [2.75, 3.05) is 17.2 Å². The fraction of sp³-hybridized carbons (Fsp3) is 0.167. The predicted octanol–water partition coefficient (Wildman–Crippen LogP) is 3.38. The molecule has 0 aliphatic carbocycles. The van der Waals surface area contributed by atoms with Crippen LogP contribution >= 0.6 is 0 Å². The van der Waals surface area contributed by atoms with Crippen LogP contribution in [0.2, 0.25) is 0 Å². The molecule has 0 aliphatic heterocycles. The molecule has 3 aromatic rings. The van der Waals surface area contributed by atoms with Gasteiger partial charge in [-0.15, -0.1) is 0 Å². The summed E-state index contributed by atoms with van der Waals surface area (Å²) in [4.78, 5) is 20.2. The van der Waals surface area contributed by atoms with Gasteiger partial charge in [0, 0.05) is 30.9 Å². The maximum atomic E-state index is 11.6. The Labute approximate surface area is 140 Å². The normalized spacial score (nSPS) is 10.4. The largest absolute Gasteiger partial charge is 0.366 e. The molecule has 0 bridgehead atoms. The number of carbonyl (C=O) groups is 1. The van der Waals surface area contributed by atoms with E-state index in [1.54, 1.807) is 12.4 Å². The molecule has 0 spiro atoms. The molecule has 2 heterocycles. The van der Waals surface area contributed by atoms with Gasteiger partial charge in [0.25, 0.3) is 0 Å². The van der Waals surface area contributed by atoms with Crippen LogP contribution < -0.4 is 16.0 Å². The van der Waals surface area contributed by atoms with Crippen molar-refractivity contribution in [3.05, 3.63) is 60.4 Å². The Hall–Kier alpha value is -3.15. The van der Waals surface area contributed by atoms with Gasteiger partial charge in [-0.3, -0.25) is 5.32 Å². The van der Waals surface area contributed by atoms with Crippen molar-refractivity contribution in [1.29, 1.82) is 0 Å². The molecule has 2 aromatic heterocycles. The Morgan fingerprint density at radius 3 is 2.79 bits per heavy atom. The maximum Gasteiger partial charge on any atom is 0.320 e. The van der Waals surface area contributed by atoms with Crippen molar-refractivity contribution in [2.24, 2.45) is 0 Å². The van der Waals surface area contributed by atoms with Crippen LogP contribution in [0.4, 0.5) is 16.4 Å². The maximum absolute atomic E-state index is 11.6. The van der Waals surface area contributed by atoms with E-state index in [1.807, 2.05) is 43.3 Å². The minimum absolute atomic E-state index is 0.252. The van der Waals surface area contributed by atoms with Crippen molar-refractivity contribution in [3.8, 4) is 0 Å². The molecule has 6 heteroatoms. The summed E-state index contributed by atoms with van der Waals surface area (Å²) in [6.07, 6.45) is 3.54. The highest BCUT2D eigenvalue weighted by Crippen LogP contribution is 2.21. The summed E-state index contributed by atoms with van der Waals surface area (Å²) in [6.45, 7) is 3.09. The number of rotatable bonds is 5. The van der Waals surface area contributed by atoms with Gasteiger partial charge < -0.3 is 10.6 Å². The Bertz CT molecular complexity index is 835. The van der Waals surface area contributed by atoms with Crippen LogP contribution in [0.3, 0.4) is 0 Å². The summed E-state index contributed by atoms with van der Waals surface area (Å²) in [5.41, 5.74) is 1.12. The number of nitrogens with one attached hydrogen (secondary N) is 3. The lowest BCUT2D eigenvalue weighted by molar-refractivity contribution is 0.252. The van der Waals surface area contributed by atoms with Gasteiger partial charge in [-0.05, 0) is 36.1 Å². The fourth-order valence-corrected chi connectivity index (χ4v) is 2.43. The molecular formula is C18H19N5O. The highest BCUT2D eigenvalue weighted by molar-refractivity contribution is 5.92. The Balaban J connectivity index is 1.78. The van der Waals surface area contributed by atoms with Crippen LogP contribution in [-0.2, 0) is 6.54 Å². The molecule has 0 fully saturated rings. The quantitative estimate of drug-likeness (QED) is 0.673. The Kier molecular flexibility index (Phi) is 4.86. The van der Waals surface area contributed by atoms with Crippen molar-refractivity contribution < 1.29 is 4.79 Å². The van der Waals surface area contributed by atoms with Gasteiger partial charge >= 0.3 is 6.03 Å². The molecule has 24 heavy (non-hydrogen) atoms. The Morgan fingerprint density at radius 2 is 2.00 bits per heavy atom. The molecule has 3 rings (SSSR count). The fourth-order valence-electron chi connectivity index (χ4n) is 2.43. The highest BCUT2D eigenvalue weighted by Gasteiger charge is 2.06. The molecule has 0 saturated heterocycles. The average Bonchev–Trinajstić information content (AvgIpc) is 2.60. The number of hydrogen-bond acceptors (Lipinski definition) is 4. The van der Waals surface area contributed by atoms with Crippen molar-refractivity contribution in [1.82, 2.24) is 15.3 Å². The number of aromatic nitrogens is 2. The topological polar surface area (TPSA) is 78.9 Å². The van der Waals surface area contributed by atoms with E-state index >= 15 is 0 Å². The van der Waals surface area contributed by atoms with E-state index in [1.165, 1.54) is 0 Å². The van der Waals surface area contributed by atoms with E-state index in [0.29, 0.717) is 18.9 Å². The van der Waals surface area contributed by atoms with Gasteiger partial charge in [0.15, 0.2) is 0 Å². The average molecular weight is 321 g/mol. The minimum Gasteiger partial charge on any atom is -0.366 e. The number of amides is 2. The molecular weight excluding hydrogens is 302 g/mol. The van der Waals surface area contributed by atoms with E-state index in [2.05, 4.69) is 32.0 Å². The van der Waals surface area contributed by atoms with Crippen molar-refractivity contribution in [2.45, 2.75) is 13.5 Å². The van der Waals surface area contributed by atoms with E-state index in [9.17, 15) is 4.79 Å². The molecule has 2 amide bonds. The van der Waals surface area contributed by atoms with Crippen LogP contribution in [0.25, 0.3) is 10.8 Å². The first-order valence-electron chi connectivity index (χ1n) is 7.83. The highest BCUT2D eigenvalue weighted by atomic mass is 16.2. The summed E-state index contributed by atoms with van der Waals surface area (Å²) < 4.78 is 0. The number of hydrogen-bond donors (Lipinski definition) is 3. The number of carbonyl (C=O) groups excluding carboxylic acids is 1. The van der Waals surface area contributed by atoms with Gasteiger partial charge in [-0.2, -0.15) is 0 Å². The molecule has 0 atom stereocenters. The molecule has 0 radical (unpaired) electrons. The predicted molar refractivity (Wildman–Crippen MR) is 96.0 cm³/mol. The SMILES string of the molecule is CCNC(=O)Nc1cc2cccc(CNc3ccccn3)c2cn1. The number of pyridine rings is 2. The lowest BCUT2D eigenvalue weighted by Gasteiger charge is -2.10. The van der Waals surface area contributed by atoms with Gasteiger partial charge in [0.1, 0.15) is 11.6 Å². The van der Waals surface area contributed by atoms with Crippen molar-refractivity contribution >= 4 is 28.4 Å². The molecule has 6 nitrogen and oxygen atoms in total. The zero-order valence-electron chi connectivity index (χ0n) is 13.4. The number of urea groups is 1. The summed E-state index contributed by atoms with van der Waals surface area (Å²) in [7, 11) is 0. The first-order valence-corrected chi connectivity index (χ1v) is 7.83. The minimum atomic E-state index is -0.252. The van der Waals surface area contributed by atoms with Crippen LogP contribution in [0.1, 0.15) is 12.5 Å². The summed E-state index contributed by atoms with van der Waals surface area (Å²) >= 11 is 0. The molecule has 0 unspecified atom stereocenters. The lowest BCUT2D eigenvalue weighted by atomic mass is 10.1. The number of anilines is 2. The molecule has 3 N–H and O–H groups in total. The van der Waals surface area contributed by atoms with E-state index in [-0.39, 0.29) is 6.03 Å². The smallest absolute Gasteiger partial charge is 0.320 e. The number of benzene rings is 1. The first kappa shape index (κ1) is 15.7. The monoisotopic (exact) mass is 321 g/mol. The number of nitrogens with zero attached hydrogens (tertiary/aromatic N) is 2. The van der Waals surface area contributed by atoms with Gasteiger partial charge in [0.2, 0.25) is 0 Å². The third-order valence-corrected chi connectivity index (χ3v) is 3.56. The third kappa shape index (κ3) is 3.78. The third-order valence-electron chi connectivity index (χ3n) is 3.56. The first-order chi connectivity index (χ1) is 11.8. The van der Waals surface area contributed by atoms with Gasteiger partial charge in [-0.25, -0.2) is 14.8 Å². The zero-order valence-corrected chi connectivity index (χ0v) is 13.4. The second-order valence-corrected chi connectivity index (χ2v) is 5.26. The summed E-state index contributed by atoms with van der Waals surface area (Å²) in [5, 5.41) is 10.8.